The lowest BCUT2D eigenvalue weighted by Crippen LogP contribution is -2.12. The van der Waals surface area contributed by atoms with Gasteiger partial charge in [-0.2, -0.15) is 10.0 Å². The van der Waals surface area contributed by atoms with Crippen LogP contribution >= 0.6 is 0 Å². The molecular formula is C25H18N6O2. The van der Waals surface area contributed by atoms with Crippen molar-refractivity contribution in [1.82, 2.24) is 20.2 Å². The van der Waals surface area contributed by atoms with E-state index < -0.39 is 0 Å². The summed E-state index contributed by atoms with van der Waals surface area (Å²) in [5.41, 5.74) is 4.91. The summed E-state index contributed by atoms with van der Waals surface area (Å²) in [7, 11) is 0. The number of hydrogen-bond donors (Lipinski definition) is 2. The molecule has 2 aromatic carbocycles. The van der Waals surface area contributed by atoms with Gasteiger partial charge in [-0.25, -0.2) is 4.98 Å². The second-order valence-corrected chi connectivity index (χ2v) is 7.74. The van der Waals surface area contributed by atoms with E-state index in [9.17, 15) is 4.91 Å². The predicted molar refractivity (Wildman–Crippen MR) is 125 cm³/mol. The maximum atomic E-state index is 11.1. The van der Waals surface area contributed by atoms with Crippen LogP contribution in [0.15, 0.2) is 84.3 Å². The van der Waals surface area contributed by atoms with E-state index in [0.717, 1.165) is 39.1 Å². The summed E-state index contributed by atoms with van der Waals surface area (Å²) in [4.78, 5) is 18.9. The molecule has 8 heteroatoms. The molecule has 1 unspecified atom stereocenters. The lowest BCUT2D eigenvalue weighted by molar-refractivity contribution is 0.482. The molecule has 3 aromatic heterocycles. The minimum Gasteiger partial charge on any atom is -0.457 e. The molecular weight excluding hydrogens is 416 g/mol. The first-order chi connectivity index (χ1) is 16.3. The summed E-state index contributed by atoms with van der Waals surface area (Å²) in [5, 5.41) is 16.1. The van der Waals surface area contributed by atoms with Crippen LogP contribution in [-0.2, 0) is 6.54 Å². The number of para-hydroxylation sites is 1. The minimum atomic E-state index is -0.194. The summed E-state index contributed by atoms with van der Waals surface area (Å²) >= 11 is 0. The maximum Gasteiger partial charge on any atom is 0.160 e. The van der Waals surface area contributed by atoms with E-state index >= 15 is 0 Å². The molecule has 5 aromatic rings. The third-order valence-corrected chi connectivity index (χ3v) is 5.77. The van der Waals surface area contributed by atoms with Crippen molar-refractivity contribution in [3.8, 4) is 22.6 Å². The molecule has 0 spiro atoms. The average molecular weight is 434 g/mol. The first-order valence-electron chi connectivity index (χ1n) is 10.5. The zero-order valence-corrected chi connectivity index (χ0v) is 17.4. The summed E-state index contributed by atoms with van der Waals surface area (Å²) in [6, 6.07) is 21.3. The minimum absolute atomic E-state index is 0.0621. The first-order valence-corrected chi connectivity index (χ1v) is 10.5. The second kappa shape index (κ2) is 7.83. The van der Waals surface area contributed by atoms with E-state index in [1.165, 1.54) is 0 Å². The van der Waals surface area contributed by atoms with Crippen molar-refractivity contribution in [3.63, 3.8) is 0 Å². The Labute approximate surface area is 188 Å². The molecule has 1 aliphatic rings. The number of benzene rings is 2. The molecule has 0 saturated heterocycles. The van der Waals surface area contributed by atoms with E-state index in [1.54, 1.807) is 6.20 Å². The van der Waals surface area contributed by atoms with Gasteiger partial charge in [0.05, 0.1) is 11.7 Å². The fraction of sp³-hybridized carbons (Fsp3) is 0.0800. The molecule has 160 valence electrons. The topological polar surface area (TPSA) is 105 Å². The number of nitrogens with one attached hydrogen (secondary N) is 2. The number of aromatic amines is 1. The molecule has 1 aliphatic heterocycles. The van der Waals surface area contributed by atoms with Gasteiger partial charge in [-0.15, -0.1) is 5.10 Å². The van der Waals surface area contributed by atoms with Crippen LogP contribution in [0.25, 0.3) is 22.2 Å². The van der Waals surface area contributed by atoms with E-state index in [4.69, 9.17) is 4.74 Å². The van der Waals surface area contributed by atoms with Crippen LogP contribution < -0.4 is 10.1 Å². The molecule has 0 bridgehead atoms. The second-order valence-electron chi connectivity index (χ2n) is 7.74. The SMILES string of the molecule is O=NCc1nnc2[nH]cc3c2c1-c1cccnc1NC3c1ccc(Oc2ccccc2)cc1. The molecule has 0 saturated carbocycles. The zero-order chi connectivity index (χ0) is 22.2. The molecule has 0 fully saturated rings. The number of fused-ring (bicyclic) bond motifs is 2. The molecule has 2 N–H and O–H groups in total. The molecule has 8 nitrogen and oxygen atoms in total. The molecule has 1 atom stereocenters. The van der Waals surface area contributed by atoms with Crippen LogP contribution in [0.3, 0.4) is 0 Å². The smallest absolute Gasteiger partial charge is 0.160 e. The quantitative estimate of drug-likeness (QED) is 0.349. The van der Waals surface area contributed by atoms with E-state index in [0.29, 0.717) is 17.2 Å². The Kier molecular flexibility index (Phi) is 4.54. The molecule has 0 amide bonds. The zero-order valence-electron chi connectivity index (χ0n) is 17.4. The van der Waals surface area contributed by atoms with Crippen molar-refractivity contribution in [3.05, 3.63) is 101 Å². The summed E-state index contributed by atoms with van der Waals surface area (Å²) in [6.07, 6.45) is 3.67. The maximum absolute atomic E-state index is 11.1. The van der Waals surface area contributed by atoms with Gasteiger partial charge in [0.1, 0.15) is 23.9 Å². The fourth-order valence-corrected chi connectivity index (χ4v) is 4.32. The number of hydrogen-bond acceptors (Lipinski definition) is 7. The Hall–Kier alpha value is -4.59. The lowest BCUT2D eigenvalue weighted by Gasteiger charge is -2.19. The van der Waals surface area contributed by atoms with E-state index in [-0.39, 0.29) is 12.6 Å². The average Bonchev–Trinajstić information content (AvgIpc) is 3.22. The number of nitrogens with zero attached hydrogens (tertiary/aromatic N) is 4. The van der Waals surface area contributed by atoms with Gasteiger partial charge in [-0.3, -0.25) is 0 Å². The first kappa shape index (κ1) is 19.1. The summed E-state index contributed by atoms with van der Waals surface area (Å²) < 4.78 is 5.95. The molecule has 4 heterocycles. The largest absolute Gasteiger partial charge is 0.457 e. The van der Waals surface area contributed by atoms with E-state index in [2.05, 4.69) is 30.7 Å². The van der Waals surface area contributed by atoms with E-state index in [1.807, 2.05) is 72.9 Å². The number of H-pyrrole nitrogens is 1. The fourth-order valence-electron chi connectivity index (χ4n) is 4.32. The van der Waals surface area contributed by atoms with Gasteiger partial charge in [0, 0.05) is 34.5 Å². The molecule has 0 aliphatic carbocycles. The molecule has 33 heavy (non-hydrogen) atoms. The number of rotatable bonds is 5. The van der Waals surface area contributed by atoms with Crippen molar-refractivity contribution in [2.45, 2.75) is 12.6 Å². The van der Waals surface area contributed by atoms with Gasteiger partial charge >= 0.3 is 0 Å². The van der Waals surface area contributed by atoms with Crippen molar-refractivity contribution in [2.75, 3.05) is 5.32 Å². The van der Waals surface area contributed by atoms with Crippen LogP contribution in [0, 0.1) is 4.91 Å². The Morgan fingerprint density at radius 3 is 2.58 bits per heavy atom. The number of pyridine rings is 1. The number of anilines is 1. The number of nitroso groups, excluding NO2 is 1. The Balaban J connectivity index is 1.47. The van der Waals surface area contributed by atoms with Crippen molar-refractivity contribution >= 4 is 16.9 Å². The Morgan fingerprint density at radius 2 is 1.76 bits per heavy atom. The highest BCUT2D eigenvalue weighted by atomic mass is 16.5. The van der Waals surface area contributed by atoms with Crippen LogP contribution in [0.2, 0.25) is 0 Å². The summed E-state index contributed by atoms with van der Waals surface area (Å²) in [6.45, 7) is -0.0621. The van der Waals surface area contributed by atoms with Gasteiger partial charge in [0.15, 0.2) is 5.65 Å². The number of aromatic nitrogens is 4. The Bertz CT molecular complexity index is 1460. The van der Waals surface area contributed by atoms with Crippen molar-refractivity contribution < 1.29 is 4.74 Å². The molecule has 0 radical (unpaired) electrons. The predicted octanol–water partition coefficient (Wildman–Crippen LogP) is 5.59. The van der Waals surface area contributed by atoms with Gasteiger partial charge in [0.2, 0.25) is 0 Å². The van der Waals surface area contributed by atoms with Gasteiger partial charge < -0.3 is 15.0 Å². The van der Waals surface area contributed by atoms with Gasteiger partial charge in [-0.05, 0) is 42.0 Å². The Morgan fingerprint density at radius 1 is 0.939 bits per heavy atom. The van der Waals surface area contributed by atoms with Crippen LogP contribution in [0.1, 0.15) is 22.9 Å². The molecule has 6 rings (SSSR count). The van der Waals surface area contributed by atoms with Crippen LogP contribution in [0.4, 0.5) is 5.82 Å². The third kappa shape index (κ3) is 3.28. The standard InChI is InChI=1S/C25H18N6O2/c32-28-14-20-21-18-7-4-12-26-24(18)29-23(19-13-27-25(22(19)21)31-30-20)15-8-10-17(11-9-15)33-16-5-2-1-3-6-16/h1-13,23H,14H2,(H,26,29)(H,27,31). The highest BCUT2D eigenvalue weighted by Gasteiger charge is 2.29. The monoisotopic (exact) mass is 434 g/mol. The van der Waals surface area contributed by atoms with Gasteiger partial charge in [-0.1, -0.05) is 35.5 Å². The van der Waals surface area contributed by atoms with Crippen LogP contribution in [-0.4, -0.2) is 20.2 Å². The third-order valence-electron chi connectivity index (χ3n) is 5.77. The highest BCUT2D eigenvalue weighted by molar-refractivity contribution is 6.01. The van der Waals surface area contributed by atoms with Crippen LogP contribution in [0.5, 0.6) is 11.5 Å². The van der Waals surface area contributed by atoms with Crippen molar-refractivity contribution in [1.29, 1.82) is 0 Å². The van der Waals surface area contributed by atoms with Gasteiger partial charge in [0.25, 0.3) is 0 Å². The number of ether oxygens (including phenoxy) is 1. The summed E-state index contributed by atoms with van der Waals surface area (Å²) in [5.74, 6) is 2.25. The normalized spacial score (nSPS) is 14.2. The highest BCUT2D eigenvalue weighted by Crippen LogP contribution is 2.44. The lowest BCUT2D eigenvalue weighted by atomic mass is 9.96. The van der Waals surface area contributed by atoms with Crippen molar-refractivity contribution in [2.24, 2.45) is 5.18 Å².